The van der Waals surface area contributed by atoms with Crippen molar-refractivity contribution >= 4 is 15.9 Å². The second kappa shape index (κ2) is 8.89. The fourth-order valence-electron chi connectivity index (χ4n) is 3.49. The normalized spacial score (nSPS) is 17.0. The number of hydrogen-bond acceptors (Lipinski definition) is 3. The van der Waals surface area contributed by atoms with Crippen LogP contribution in [0, 0.1) is 5.92 Å². The Balaban J connectivity index is 3.76. The van der Waals surface area contributed by atoms with Gasteiger partial charge in [-0.15, -0.1) is 0 Å². The van der Waals surface area contributed by atoms with Crippen molar-refractivity contribution in [3.63, 3.8) is 0 Å². The van der Waals surface area contributed by atoms with Crippen LogP contribution >= 0.6 is 7.60 Å². The topological polar surface area (TPSA) is 76.0 Å². The van der Waals surface area contributed by atoms with Crippen molar-refractivity contribution in [2.45, 2.75) is 77.0 Å². The zero-order chi connectivity index (χ0) is 21.1. The Kier molecular flexibility index (Phi) is 8.08. The monoisotopic (exact) mass is 416 g/mol. The van der Waals surface area contributed by atoms with Crippen molar-refractivity contribution in [1.82, 2.24) is 0 Å². The predicted molar refractivity (Wildman–Crippen MR) is 113 cm³/mol. The molecule has 0 aliphatic heterocycles. The van der Waals surface area contributed by atoms with Gasteiger partial charge < -0.3 is 18.9 Å². The maximum atomic E-state index is 13.1. The van der Waals surface area contributed by atoms with Crippen LogP contribution in [-0.2, 0) is 18.9 Å². The summed E-state index contributed by atoms with van der Waals surface area (Å²) in [4.78, 5) is 21.4. The van der Waals surface area contributed by atoms with Gasteiger partial charge in [-0.3, -0.25) is 4.57 Å². The molecule has 0 heterocycles. The SMILES string of the molecule is CCC(CC)C(c1ccccc1)(C(OC)O[Si](C)(C)C(C)(C)C)P(=O)(O)O. The first-order valence-corrected chi connectivity index (χ1v) is 14.1. The van der Waals surface area contributed by atoms with Crippen molar-refractivity contribution in [3.8, 4) is 0 Å². The van der Waals surface area contributed by atoms with Crippen LogP contribution in [0.15, 0.2) is 30.3 Å². The van der Waals surface area contributed by atoms with Crippen molar-refractivity contribution in [2.75, 3.05) is 7.11 Å². The van der Waals surface area contributed by atoms with Crippen molar-refractivity contribution in [3.05, 3.63) is 35.9 Å². The van der Waals surface area contributed by atoms with E-state index in [1.807, 2.05) is 19.9 Å². The van der Waals surface area contributed by atoms with E-state index in [1.165, 1.54) is 7.11 Å². The molecule has 156 valence electrons. The Morgan fingerprint density at radius 1 is 1.07 bits per heavy atom. The highest BCUT2D eigenvalue weighted by molar-refractivity contribution is 7.53. The molecule has 27 heavy (non-hydrogen) atoms. The minimum atomic E-state index is -4.66. The quantitative estimate of drug-likeness (QED) is 0.316. The van der Waals surface area contributed by atoms with E-state index in [1.54, 1.807) is 24.3 Å². The van der Waals surface area contributed by atoms with Gasteiger partial charge in [-0.05, 0) is 29.6 Å². The number of ether oxygens (including phenoxy) is 1. The minimum Gasteiger partial charge on any atom is -0.391 e. The molecule has 0 bridgehead atoms. The molecule has 0 radical (unpaired) electrons. The predicted octanol–water partition coefficient (Wildman–Crippen LogP) is 5.49. The fraction of sp³-hybridized carbons (Fsp3) is 0.700. The molecule has 0 aromatic heterocycles. The maximum Gasteiger partial charge on any atom is 0.341 e. The van der Waals surface area contributed by atoms with E-state index in [0.717, 1.165) is 0 Å². The highest BCUT2D eigenvalue weighted by Crippen LogP contribution is 2.65. The van der Waals surface area contributed by atoms with E-state index in [4.69, 9.17) is 9.16 Å². The van der Waals surface area contributed by atoms with Gasteiger partial charge in [0.25, 0.3) is 0 Å². The zero-order valence-corrected chi connectivity index (χ0v) is 19.9. The molecule has 1 aromatic carbocycles. The number of rotatable bonds is 9. The molecule has 0 amide bonds. The lowest BCUT2D eigenvalue weighted by Gasteiger charge is -2.49. The molecule has 1 rings (SSSR count). The average molecular weight is 417 g/mol. The van der Waals surface area contributed by atoms with Crippen LogP contribution in [0.5, 0.6) is 0 Å². The summed E-state index contributed by atoms with van der Waals surface area (Å²) in [6.07, 6.45) is 0.181. The molecular weight excluding hydrogens is 379 g/mol. The van der Waals surface area contributed by atoms with E-state index in [-0.39, 0.29) is 11.0 Å². The lowest BCUT2D eigenvalue weighted by atomic mass is 9.81. The molecule has 5 nitrogen and oxygen atoms in total. The molecule has 0 fully saturated rings. The van der Waals surface area contributed by atoms with Crippen molar-refractivity contribution in [1.29, 1.82) is 0 Å². The molecule has 0 saturated heterocycles. The molecule has 7 heteroatoms. The Morgan fingerprint density at radius 2 is 1.56 bits per heavy atom. The Hall–Kier alpha value is -0.493. The van der Waals surface area contributed by atoms with Crippen LogP contribution in [0.2, 0.25) is 18.1 Å². The first-order valence-electron chi connectivity index (χ1n) is 9.61. The third-order valence-corrected chi connectivity index (χ3v) is 12.3. The number of methoxy groups -OCH3 is 1. The Labute approximate surface area is 165 Å². The van der Waals surface area contributed by atoms with Crippen LogP contribution in [0.4, 0.5) is 0 Å². The molecule has 1 aromatic rings. The minimum absolute atomic E-state index is 0.116. The third-order valence-electron chi connectivity index (χ3n) is 6.11. The maximum absolute atomic E-state index is 13.1. The van der Waals surface area contributed by atoms with Gasteiger partial charge in [0.1, 0.15) is 5.16 Å². The summed E-state index contributed by atoms with van der Waals surface area (Å²) in [7, 11) is -5.53. The molecule has 0 aliphatic rings. The van der Waals surface area contributed by atoms with Gasteiger partial charge in [0.15, 0.2) is 14.6 Å². The summed E-state index contributed by atoms with van der Waals surface area (Å²) in [6.45, 7) is 14.4. The molecular formula is C20H37O5PSi. The molecule has 2 unspecified atom stereocenters. The van der Waals surface area contributed by atoms with E-state index in [0.29, 0.717) is 18.4 Å². The number of hydrogen-bond donors (Lipinski definition) is 2. The average Bonchev–Trinajstić information content (AvgIpc) is 2.56. The third kappa shape index (κ3) is 4.74. The van der Waals surface area contributed by atoms with E-state index >= 15 is 0 Å². The highest BCUT2D eigenvalue weighted by atomic mass is 31.2. The summed E-state index contributed by atoms with van der Waals surface area (Å²) in [5.74, 6) is -0.296. The highest BCUT2D eigenvalue weighted by Gasteiger charge is 2.61. The summed E-state index contributed by atoms with van der Waals surface area (Å²) >= 11 is 0. The first-order chi connectivity index (χ1) is 12.3. The van der Waals surface area contributed by atoms with Crippen LogP contribution in [-0.4, -0.2) is 31.5 Å². The van der Waals surface area contributed by atoms with Gasteiger partial charge in [-0.2, -0.15) is 0 Å². The van der Waals surface area contributed by atoms with Gasteiger partial charge in [0.2, 0.25) is 0 Å². The first kappa shape index (κ1) is 24.5. The van der Waals surface area contributed by atoms with Crippen LogP contribution in [0.25, 0.3) is 0 Å². The van der Waals surface area contributed by atoms with Crippen LogP contribution in [0.1, 0.15) is 53.0 Å². The Morgan fingerprint density at radius 3 is 1.89 bits per heavy atom. The number of benzene rings is 1. The van der Waals surface area contributed by atoms with Gasteiger partial charge in [0.05, 0.1) is 0 Å². The van der Waals surface area contributed by atoms with E-state index < -0.39 is 27.4 Å². The summed E-state index contributed by atoms with van der Waals surface area (Å²) in [6, 6.07) is 9.01. The van der Waals surface area contributed by atoms with E-state index in [9.17, 15) is 14.4 Å². The van der Waals surface area contributed by atoms with Crippen molar-refractivity contribution in [2.24, 2.45) is 5.92 Å². The fourth-order valence-corrected chi connectivity index (χ4v) is 6.51. The van der Waals surface area contributed by atoms with Gasteiger partial charge in [-0.25, -0.2) is 0 Å². The Bertz CT molecular complexity index is 634. The van der Waals surface area contributed by atoms with Gasteiger partial charge >= 0.3 is 7.60 Å². The molecule has 0 aliphatic carbocycles. The van der Waals surface area contributed by atoms with Crippen molar-refractivity contribution < 1.29 is 23.5 Å². The standard InChI is InChI=1S/C20H37O5PSi/c1-9-16(10-2)20(26(21,22)23,17-14-12-11-13-15-17)18(24-6)25-27(7,8)19(3,4)5/h11-16,18H,9-10H2,1-8H3,(H2,21,22,23). The molecule has 2 atom stereocenters. The smallest absolute Gasteiger partial charge is 0.341 e. The van der Waals surface area contributed by atoms with Crippen LogP contribution in [0.3, 0.4) is 0 Å². The van der Waals surface area contributed by atoms with E-state index in [2.05, 4.69) is 33.9 Å². The largest absolute Gasteiger partial charge is 0.391 e. The zero-order valence-electron chi connectivity index (χ0n) is 18.0. The lowest BCUT2D eigenvalue weighted by molar-refractivity contribution is -0.113. The second-order valence-corrected chi connectivity index (χ2v) is 15.3. The summed E-state index contributed by atoms with van der Waals surface area (Å²) in [5.41, 5.74) is 0.567. The second-order valence-electron chi connectivity index (χ2n) is 8.69. The molecule has 0 saturated carbocycles. The van der Waals surface area contributed by atoms with Gasteiger partial charge in [0, 0.05) is 7.11 Å². The molecule has 2 N–H and O–H groups in total. The van der Waals surface area contributed by atoms with Crippen LogP contribution < -0.4 is 0 Å². The molecule has 0 spiro atoms. The summed E-state index contributed by atoms with van der Waals surface area (Å²) in [5, 5.41) is -1.67. The van der Waals surface area contributed by atoms with Gasteiger partial charge in [-0.1, -0.05) is 77.8 Å². The summed E-state index contributed by atoms with van der Waals surface area (Å²) < 4.78 is 25.3. The lowest BCUT2D eigenvalue weighted by Crippen LogP contribution is -2.54.